The van der Waals surface area contributed by atoms with Crippen molar-refractivity contribution >= 4 is 17.8 Å². The molecule has 0 spiro atoms. The Morgan fingerprint density at radius 2 is 2.45 bits per heavy atom. The van der Waals surface area contributed by atoms with Crippen molar-refractivity contribution in [2.45, 2.75) is 37.5 Å². The number of nitrogens with zero attached hydrogens (tertiary/aromatic N) is 1. The molecule has 11 heavy (non-hydrogen) atoms. The SMILES string of the molecule is CCSC1CCCC1N=C=O. The lowest BCUT2D eigenvalue weighted by molar-refractivity contribution is 0.557. The van der Waals surface area contributed by atoms with Gasteiger partial charge in [-0.15, -0.1) is 0 Å². The van der Waals surface area contributed by atoms with Crippen LogP contribution in [0.1, 0.15) is 26.2 Å². The fraction of sp³-hybridized carbons (Fsp3) is 0.875. The molecule has 0 aliphatic heterocycles. The van der Waals surface area contributed by atoms with Gasteiger partial charge in [-0.25, -0.2) is 9.79 Å². The van der Waals surface area contributed by atoms with Gasteiger partial charge in [-0.2, -0.15) is 11.8 Å². The quantitative estimate of drug-likeness (QED) is 0.480. The molecule has 2 unspecified atom stereocenters. The zero-order chi connectivity index (χ0) is 8.10. The van der Waals surface area contributed by atoms with Crippen molar-refractivity contribution in [2.24, 2.45) is 4.99 Å². The summed E-state index contributed by atoms with van der Waals surface area (Å²) in [6.45, 7) is 2.14. The second kappa shape index (κ2) is 4.58. The van der Waals surface area contributed by atoms with E-state index in [-0.39, 0.29) is 6.04 Å². The van der Waals surface area contributed by atoms with E-state index < -0.39 is 0 Å². The summed E-state index contributed by atoms with van der Waals surface area (Å²) < 4.78 is 0. The van der Waals surface area contributed by atoms with Crippen LogP contribution in [-0.2, 0) is 4.79 Å². The Morgan fingerprint density at radius 1 is 1.64 bits per heavy atom. The van der Waals surface area contributed by atoms with Gasteiger partial charge < -0.3 is 0 Å². The molecule has 62 valence electrons. The Bertz CT molecular complexity index is 165. The van der Waals surface area contributed by atoms with Crippen LogP contribution in [-0.4, -0.2) is 23.1 Å². The number of hydrogen-bond donors (Lipinski definition) is 0. The maximum absolute atomic E-state index is 10.0. The van der Waals surface area contributed by atoms with Gasteiger partial charge >= 0.3 is 0 Å². The standard InChI is InChI=1S/C8H13NOS/c1-2-11-8-5-3-4-7(8)9-6-10/h7-8H,2-5H2,1H3. The van der Waals surface area contributed by atoms with Crippen LogP contribution in [0.5, 0.6) is 0 Å². The first-order valence-electron chi connectivity index (χ1n) is 4.07. The fourth-order valence-electron chi connectivity index (χ4n) is 1.53. The third-order valence-corrected chi connectivity index (χ3v) is 3.33. The van der Waals surface area contributed by atoms with Crippen molar-refractivity contribution in [1.29, 1.82) is 0 Å². The van der Waals surface area contributed by atoms with Gasteiger partial charge in [0.2, 0.25) is 6.08 Å². The Kier molecular flexibility index (Phi) is 3.67. The average Bonchev–Trinajstić information content (AvgIpc) is 2.39. The normalized spacial score (nSPS) is 29.9. The molecule has 0 heterocycles. The van der Waals surface area contributed by atoms with Gasteiger partial charge in [0.25, 0.3) is 0 Å². The summed E-state index contributed by atoms with van der Waals surface area (Å²) in [5, 5.41) is 0.585. The van der Waals surface area contributed by atoms with E-state index in [9.17, 15) is 4.79 Å². The molecule has 1 fully saturated rings. The lowest BCUT2D eigenvalue weighted by Gasteiger charge is -2.11. The number of carbonyl (C=O) groups excluding carboxylic acids is 1. The summed E-state index contributed by atoms with van der Waals surface area (Å²) in [5.41, 5.74) is 0. The van der Waals surface area contributed by atoms with Gasteiger partial charge in [-0.05, 0) is 18.6 Å². The van der Waals surface area contributed by atoms with Crippen LogP contribution in [0.3, 0.4) is 0 Å². The predicted molar refractivity (Wildman–Crippen MR) is 47.7 cm³/mol. The van der Waals surface area contributed by atoms with E-state index in [2.05, 4.69) is 11.9 Å². The molecule has 0 aromatic heterocycles. The van der Waals surface area contributed by atoms with Gasteiger partial charge in [0.1, 0.15) is 0 Å². The molecule has 0 aromatic carbocycles. The third kappa shape index (κ3) is 2.35. The predicted octanol–water partition coefficient (Wildman–Crippen LogP) is 2.00. The summed E-state index contributed by atoms with van der Waals surface area (Å²) in [7, 11) is 0. The summed E-state index contributed by atoms with van der Waals surface area (Å²) in [4.78, 5) is 13.8. The smallest absolute Gasteiger partial charge is 0.211 e. The monoisotopic (exact) mass is 171 g/mol. The molecule has 0 radical (unpaired) electrons. The highest BCUT2D eigenvalue weighted by Gasteiger charge is 2.26. The van der Waals surface area contributed by atoms with Crippen molar-refractivity contribution in [3.8, 4) is 0 Å². The topological polar surface area (TPSA) is 29.4 Å². The Labute approximate surface area is 71.5 Å². The first kappa shape index (κ1) is 8.82. The minimum atomic E-state index is 0.262. The summed E-state index contributed by atoms with van der Waals surface area (Å²) >= 11 is 1.91. The number of isocyanates is 1. The molecule has 0 N–H and O–H groups in total. The fourth-order valence-corrected chi connectivity index (χ4v) is 2.71. The summed E-state index contributed by atoms with van der Waals surface area (Å²) in [6.07, 6.45) is 5.17. The van der Waals surface area contributed by atoms with Crippen molar-refractivity contribution in [3.63, 3.8) is 0 Å². The molecule has 1 rings (SSSR count). The van der Waals surface area contributed by atoms with E-state index in [1.807, 2.05) is 11.8 Å². The van der Waals surface area contributed by atoms with E-state index in [0.717, 1.165) is 12.2 Å². The highest BCUT2D eigenvalue weighted by molar-refractivity contribution is 7.99. The molecule has 0 aromatic rings. The van der Waals surface area contributed by atoms with Gasteiger partial charge in [0.15, 0.2) is 0 Å². The summed E-state index contributed by atoms with van der Waals surface area (Å²) in [6, 6.07) is 0.262. The Morgan fingerprint density at radius 3 is 3.09 bits per heavy atom. The second-order valence-electron chi connectivity index (χ2n) is 2.71. The van der Waals surface area contributed by atoms with Crippen LogP contribution in [0.4, 0.5) is 0 Å². The van der Waals surface area contributed by atoms with Gasteiger partial charge in [0, 0.05) is 5.25 Å². The molecule has 0 amide bonds. The van der Waals surface area contributed by atoms with E-state index in [1.54, 1.807) is 6.08 Å². The molecular weight excluding hydrogens is 158 g/mol. The maximum atomic E-state index is 10.0. The average molecular weight is 171 g/mol. The lowest BCUT2D eigenvalue weighted by Crippen LogP contribution is -2.13. The van der Waals surface area contributed by atoms with Gasteiger partial charge in [-0.3, -0.25) is 0 Å². The van der Waals surface area contributed by atoms with Crippen LogP contribution in [0.25, 0.3) is 0 Å². The Balaban J connectivity index is 2.43. The van der Waals surface area contributed by atoms with Crippen LogP contribution < -0.4 is 0 Å². The highest BCUT2D eigenvalue weighted by atomic mass is 32.2. The minimum absolute atomic E-state index is 0.262. The number of thioether (sulfide) groups is 1. The summed E-state index contributed by atoms with van der Waals surface area (Å²) in [5.74, 6) is 1.12. The zero-order valence-electron chi connectivity index (χ0n) is 6.75. The van der Waals surface area contributed by atoms with Crippen molar-refractivity contribution in [1.82, 2.24) is 0 Å². The first-order valence-corrected chi connectivity index (χ1v) is 5.12. The number of rotatable bonds is 3. The van der Waals surface area contributed by atoms with Crippen molar-refractivity contribution in [3.05, 3.63) is 0 Å². The second-order valence-corrected chi connectivity index (χ2v) is 4.23. The minimum Gasteiger partial charge on any atom is -0.211 e. The first-order chi connectivity index (χ1) is 5.38. The lowest BCUT2D eigenvalue weighted by atomic mass is 10.3. The molecule has 2 nitrogen and oxygen atoms in total. The van der Waals surface area contributed by atoms with Gasteiger partial charge in [-0.1, -0.05) is 13.3 Å². The van der Waals surface area contributed by atoms with E-state index in [4.69, 9.17) is 0 Å². The highest BCUT2D eigenvalue weighted by Crippen LogP contribution is 2.31. The van der Waals surface area contributed by atoms with E-state index in [0.29, 0.717) is 5.25 Å². The molecule has 2 atom stereocenters. The number of hydrogen-bond acceptors (Lipinski definition) is 3. The molecule has 3 heteroatoms. The number of aliphatic imine (C=N–C) groups is 1. The zero-order valence-corrected chi connectivity index (χ0v) is 7.56. The largest absolute Gasteiger partial charge is 0.235 e. The van der Waals surface area contributed by atoms with Gasteiger partial charge in [0.05, 0.1) is 6.04 Å². The molecular formula is C8H13NOS. The molecule has 0 saturated heterocycles. The van der Waals surface area contributed by atoms with Crippen LogP contribution in [0, 0.1) is 0 Å². The Hall–Kier alpha value is -0.270. The van der Waals surface area contributed by atoms with Crippen LogP contribution in [0.15, 0.2) is 4.99 Å². The molecule has 1 saturated carbocycles. The molecule has 0 bridgehead atoms. The molecule has 1 aliphatic rings. The van der Waals surface area contributed by atoms with Crippen LogP contribution >= 0.6 is 11.8 Å². The molecule has 1 aliphatic carbocycles. The van der Waals surface area contributed by atoms with Crippen molar-refractivity contribution in [2.75, 3.05) is 5.75 Å². The van der Waals surface area contributed by atoms with Crippen LogP contribution in [0.2, 0.25) is 0 Å². The third-order valence-electron chi connectivity index (χ3n) is 2.02. The van der Waals surface area contributed by atoms with E-state index >= 15 is 0 Å². The van der Waals surface area contributed by atoms with E-state index in [1.165, 1.54) is 12.8 Å². The maximum Gasteiger partial charge on any atom is 0.235 e. The van der Waals surface area contributed by atoms with Crippen molar-refractivity contribution < 1.29 is 4.79 Å².